The van der Waals surface area contributed by atoms with Crippen LogP contribution in [-0.4, -0.2) is 110 Å². The van der Waals surface area contributed by atoms with Gasteiger partial charge in [-0.25, -0.2) is 0 Å². The normalized spacial score (nSPS) is 19.8. The highest BCUT2D eigenvalue weighted by Crippen LogP contribution is 2.24. The Hall–Kier alpha value is -1.67. The second-order valence-corrected chi connectivity index (χ2v) is 22.8. The highest BCUT2D eigenvalue weighted by atomic mass is 16.7. The van der Waals surface area contributed by atoms with Gasteiger partial charge in [0.2, 0.25) is 5.91 Å². The Morgan fingerprint density at radius 3 is 1.21 bits per heavy atom. The van der Waals surface area contributed by atoms with E-state index in [1.165, 1.54) is 218 Å². The molecule has 448 valence electrons. The number of aliphatic hydroxyl groups excluding tert-OH is 7. The van der Waals surface area contributed by atoms with Gasteiger partial charge in [-0.05, 0) is 70.6 Å². The maximum atomic E-state index is 13.2. The number of hydrogen-bond donors (Lipinski definition) is 8. The van der Waals surface area contributed by atoms with Crippen LogP contribution >= 0.6 is 0 Å². The molecule has 1 saturated heterocycles. The molecule has 8 N–H and O–H groups in total. The summed E-state index contributed by atoms with van der Waals surface area (Å²) in [6.45, 7) is 3.40. The molecular weight excluding hydrogens is 955 g/mol. The molecule has 1 aliphatic heterocycles. The highest BCUT2D eigenvalue weighted by molar-refractivity contribution is 5.80. The summed E-state index contributed by atoms with van der Waals surface area (Å²) in [5.74, 6) is -0.709. The topological polar surface area (TPSA) is 189 Å². The number of carbonyl (C=O) groups is 1. The first-order valence-corrected chi connectivity index (χ1v) is 32.4. The number of hydrogen-bond acceptors (Lipinski definition) is 10. The van der Waals surface area contributed by atoms with Crippen molar-refractivity contribution >= 4 is 5.91 Å². The zero-order valence-electron chi connectivity index (χ0n) is 49.2. The monoisotopic (exact) mass is 1080 g/mol. The Labute approximate surface area is 467 Å². The molecule has 0 saturated carbocycles. The molecule has 1 heterocycles. The van der Waals surface area contributed by atoms with Crippen molar-refractivity contribution in [1.29, 1.82) is 0 Å². The van der Waals surface area contributed by atoms with Gasteiger partial charge in [0.25, 0.3) is 0 Å². The van der Waals surface area contributed by atoms with Gasteiger partial charge < -0.3 is 50.5 Å². The zero-order chi connectivity index (χ0) is 55.4. The summed E-state index contributed by atoms with van der Waals surface area (Å²) in [5, 5.41) is 75.9. The minimum absolute atomic E-state index is 0.246. The van der Waals surface area contributed by atoms with E-state index < -0.39 is 74.2 Å². The lowest BCUT2D eigenvalue weighted by atomic mass is 9.98. The van der Waals surface area contributed by atoms with Gasteiger partial charge >= 0.3 is 0 Å². The Morgan fingerprint density at radius 1 is 0.447 bits per heavy atom. The maximum Gasteiger partial charge on any atom is 0.249 e. The van der Waals surface area contributed by atoms with Crippen LogP contribution < -0.4 is 5.32 Å². The Balaban J connectivity index is 2.09. The number of allylic oxidation sites excluding steroid dienone is 6. The number of aliphatic hydroxyl groups is 7. The van der Waals surface area contributed by atoms with Crippen molar-refractivity contribution in [2.24, 2.45) is 0 Å². The number of nitrogens with one attached hydrogen (secondary N) is 1. The third kappa shape index (κ3) is 41.4. The fourth-order valence-corrected chi connectivity index (χ4v) is 10.4. The number of ether oxygens (including phenoxy) is 2. The van der Waals surface area contributed by atoms with Gasteiger partial charge in [0, 0.05) is 0 Å². The Morgan fingerprint density at radius 2 is 0.803 bits per heavy atom. The first kappa shape index (κ1) is 72.3. The summed E-state index contributed by atoms with van der Waals surface area (Å²) in [6.07, 6.45) is 57.0. The molecule has 11 heteroatoms. The molecule has 9 unspecified atom stereocenters. The van der Waals surface area contributed by atoms with Gasteiger partial charge in [0.1, 0.15) is 36.6 Å². The summed E-state index contributed by atoms with van der Waals surface area (Å²) in [6, 6.07) is -1.19. The van der Waals surface area contributed by atoms with Gasteiger partial charge in [0.15, 0.2) is 6.29 Å². The summed E-state index contributed by atoms with van der Waals surface area (Å²) in [5.41, 5.74) is 0. The van der Waals surface area contributed by atoms with Crippen molar-refractivity contribution in [2.45, 2.75) is 358 Å². The van der Waals surface area contributed by atoms with Crippen molar-refractivity contribution in [3.05, 3.63) is 36.5 Å². The van der Waals surface area contributed by atoms with Gasteiger partial charge in [-0.15, -0.1) is 0 Å². The predicted molar refractivity (Wildman–Crippen MR) is 316 cm³/mol. The molecule has 1 amide bonds. The van der Waals surface area contributed by atoms with Crippen LogP contribution in [0.25, 0.3) is 0 Å². The van der Waals surface area contributed by atoms with Gasteiger partial charge in [0.05, 0.1) is 25.4 Å². The van der Waals surface area contributed by atoms with Crippen molar-refractivity contribution in [3.8, 4) is 0 Å². The molecule has 1 rings (SSSR count). The van der Waals surface area contributed by atoms with Crippen molar-refractivity contribution in [2.75, 3.05) is 13.2 Å². The molecule has 0 aliphatic carbocycles. The summed E-state index contributed by atoms with van der Waals surface area (Å²) in [4.78, 5) is 13.2. The summed E-state index contributed by atoms with van der Waals surface area (Å²) >= 11 is 0. The maximum absolute atomic E-state index is 13.2. The van der Waals surface area contributed by atoms with E-state index in [1.54, 1.807) is 0 Å². The molecular formula is C65H123NO10. The van der Waals surface area contributed by atoms with Gasteiger partial charge in [-0.1, -0.05) is 269 Å². The first-order chi connectivity index (χ1) is 37.2. The average Bonchev–Trinajstić information content (AvgIpc) is 3.42. The van der Waals surface area contributed by atoms with Crippen molar-refractivity contribution in [1.82, 2.24) is 5.32 Å². The molecule has 0 aromatic rings. The minimum atomic E-state index is -1.67. The number of rotatable bonds is 56. The largest absolute Gasteiger partial charge is 0.394 e. The van der Waals surface area contributed by atoms with Crippen LogP contribution in [0.15, 0.2) is 36.5 Å². The Bertz CT molecular complexity index is 1330. The van der Waals surface area contributed by atoms with E-state index in [0.29, 0.717) is 19.3 Å². The van der Waals surface area contributed by atoms with Gasteiger partial charge in [-0.3, -0.25) is 4.79 Å². The number of carbonyl (C=O) groups excluding carboxylic acids is 1. The molecule has 11 nitrogen and oxygen atoms in total. The molecule has 76 heavy (non-hydrogen) atoms. The SMILES string of the molecule is CCCC/C=C/CC/C=C/CCCC(O)C(O)C(COC1OC(CO)C(O)C(O)C1O)NC(=O)C(O)CCCCCCCCCCCCCCCCCC/C=C\CCCCCCCCCCCCCCCCCCCC. The quantitative estimate of drug-likeness (QED) is 0.0215. The van der Waals surface area contributed by atoms with Crippen LogP contribution in [0.5, 0.6) is 0 Å². The fourth-order valence-electron chi connectivity index (χ4n) is 10.4. The minimum Gasteiger partial charge on any atom is -0.394 e. The van der Waals surface area contributed by atoms with Crippen LogP contribution in [0, 0.1) is 0 Å². The van der Waals surface area contributed by atoms with E-state index in [1.807, 2.05) is 0 Å². The van der Waals surface area contributed by atoms with Crippen LogP contribution in [0.1, 0.15) is 303 Å². The summed E-state index contributed by atoms with van der Waals surface area (Å²) in [7, 11) is 0. The standard InChI is InChI=1S/C65H123NO10/c1-3-5-7-9-11-13-15-16-17-18-19-20-21-22-23-24-25-26-27-28-29-30-31-32-33-34-35-36-37-38-39-40-41-43-45-47-49-51-53-58(69)64(74)66-56(55-75-65-63(73)62(72)61(71)59(54-67)76-65)60(70)57(68)52-50-48-46-44-42-14-12-10-8-6-4-2/h10,12,28-29,44,46,56-63,65,67-73H,3-9,11,13-27,30-43,45,47-55H2,1-2H3,(H,66,74)/b12-10+,29-28-,46-44+. The highest BCUT2D eigenvalue weighted by Gasteiger charge is 2.44. The van der Waals surface area contributed by atoms with E-state index in [0.717, 1.165) is 38.5 Å². The lowest BCUT2D eigenvalue weighted by Gasteiger charge is -2.40. The predicted octanol–water partition coefficient (Wildman–Crippen LogP) is 14.6. The van der Waals surface area contributed by atoms with Crippen LogP contribution in [0.2, 0.25) is 0 Å². The van der Waals surface area contributed by atoms with Gasteiger partial charge in [-0.2, -0.15) is 0 Å². The van der Waals surface area contributed by atoms with Crippen LogP contribution in [0.3, 0.4) is 0 Å². The van der Waals surface area contributed by atoms with E-state index in [4.69, 9.17) is 9.47 Å². The molecule has 9 atom stereocenters. The average molecular weight is 1080 g/mol. The van der Waals surface area contributed by atoms with E-state index in [-0.39, 0.29) is 12.8 Å². The van der Waals surface area contributed by atoms with E-state index >= 15 is 0 Å². The molecule has 0 radical (unpaired) electrons. The molecule has 0 aromatic carbocycles. The Kier molecular flexibility index (Phi) is 51.3. The lowest BCUT2D eigenvalue weighted by molar-refractivity contribution is -0.303. The number of amides is 1. The molecule has 1 fully saturated rings. The number of unbranched alkanes of at least 4 members (excludes halogenated alkanes) is 38. The fraction of sp³-hybridized carbons (Fsp3) is 0.892. The van der Waals surface area contributed by atoms with Crippen LogP contribution in [-0.2, 0) is 14.3 Å². The van der Waals surface area contributed by atoms with Crippen LogP contribution in [0.4, 0.5) is 0 Å². The molecule has 1 aliphatic rings. The summed E-state index contributed by atoms with van der Waals surface area (Å²) < 4.78 is 11.1. The zero-order valence-corrected chi connectivity index (χ0v) is 49.2. The molecule has 0 aromatic heterocycles. The van der Waals surface area contributed by atoms with E-state index in [9.17, 15) is 40.5 Å². The van der Waals surface area contributed by atoms with E-state index in [2.05, 4.69) is 55.6 Å². The first-order valence-electron chi connectivity index (χ1n) is 32.4. The molecule has 0 bridgehead atoms. The van der Waals surface area contributed by atoms with Crippen molar-refractivity contribution < 1.29 is 50.0 Å². The third-order valence-electron chi connectivity index (χ3n) is 15.6. The second-order valence-electron chi connectivity index (χ2n) is 22.8. The lowest BCUT2D eigenvalue weighted by Crippen LogP contribution is -2.60. The third-order valence-corrected chi connectivity index (χ3v) is 15.6. The smallest absolute Gasteiger partial charge is 0.249 e. The second kappa shape index (κ2) is 53.9. The van der Waals surface area contributed by atoms with Crippen molar-refractivity contribution in [3.63, 3.8) is 0 Å². The molecule has 0 spiro atoms.